The van der Waals surface area contributed by atoms with Crippen molar-refractivity contribution >= 4 is 27.7 Å². The number of nitrogens with zero attached hydrogens (tertiary/aromatic N) is 3. The van der Waals surface area contributed by atoms with E-state index in [9.17, 15) is 0 Å². The van der Waals surface area contributed by atoms with E-state index in [4.69, 9.17) is 10.0 Å². The van der Waals surface area contributed by atoms with E-state index in [1.54, 1.807) is 12.3 Å². The quantitative estimate of drug-likeness (QED) is 0.395. The van der Waals surface area contributed by atoms with Gasteiger partial charge in [0.2, 0.25) is 0 Å². The Morgan fingerprint density at radius 1 is 1.39 bits per heavy atom. The molecule has 18 heavy (non-hydrogen) atoms. The van der Waals surface area contributed by atoms with Crippen molar-refractivity contribution in [3.8, 4) is 0 Å². The Kier molecular flexibility index (Phi) is 4.80. The van der Waals surface area contributed by atoms with Crippen LogP contribution in [0.4, 0.5) is 5.69 Å². The molecule has 8 heteroatoms. The van der Waals surface area contributed by atoms with Gasteiger partial charge in [-0.2, -0.15) is 0 Å². The second-order valence-corrected chi connectivity index (χ2v) is 5.32. The van der Waals surface area contributed by atoms with E-state index in [0.717, 1.165) is 18.8 Å². The van der Waals surface area contributed by atoms with Gasteiger partial charge < -0.3 is 19.9 Å². The van der Waals surface area contributed by atoms with Gasteiger partial charge in [-0.1, -0.05) is 27.5 Å². The molecule has 3 unspecified atom stereocenters. The molecular formula is C10H14BN3O2PY-. The first-order valence-electron chi connectivity index (χ1n) is 5.67. The number of anilines is 1. The van der Waals surface area contributed by atoms with E-state index in [-0.39, 0.29) is 32.7 Å². The van der Waals surface area contributed by atoms with Crippen LogP contribution in [0, 0.1) is 6.20 Å². The summed E-state index contributed by atoms with van der Waals surface area (Å²) in [6.45, 7) is 2.01. The van der Waals surface area contributed by atoms with Gasteiger partial charge in [-0.3, -0.25) is 4.67 Å². The van der Waals surface area contributed by atoms with Crippen molar-refractivity contribution in [1.29, 1.82) is 0 Å². The summed E-state index contributed by atoms with van der Waals surface area (Å²) < 4.78 is 2.30. The summed E-state index contributed by atoms with van der Waals surface area (Å²) >= 11 is 0. The van der Waals surface area contributed by atoms with Crippen LogP contribution in [0.1, 0.15) is 6.42 Å². The van der Waals surface area contributed by atoms with Gasteiger partial charge in [0.05, 0.1) is 0 Å². The minimum Gasteiger partial charge on any atom is -0.424 e. The van der Waals surface area contributed by atoms with Crippen molar-refractivity contribution < 1.29 is 42.8 Å². The largest absolute Gasteiger partial charge is 0.463 e. The molecule has 2 saturated heterocycles. The molecule has 0 amide bonds. The van der Waals surface area contributed by atoms with Gasteiger partial charge in [-0.25, -0.2) is 0 Å². The molecule has 2 bridgehead atoms. The molecule has 1 aromatic rings. The van der Waals surface area contributed by atoms with Crippen LogP contribution in [0.3, 0.4) is 0 Å². The fraction of sp³-hybridized carbons (Fsp3) is 0.500. The molecule has 2 fully saturated rings. The molecule has 2 aliphatic heterocycles. The number of pyridine rings is 1. The van der Waals surface area contributed by atoms with Gasteiger partial charge in [0.15, 0.2) is 0 Å². The predicted octanol–water partition coefficient (Wildman–Crippen LogP) is -1.39. The van der Waals surface area contributed by atoms with Crippen LogP contribution < -0.4 is 10.4 Å². The van der Waals surface area contributed by atoms with Crippen LogP contribution in [0.2, 0.25) is 0 Å². The topological polar surface area (TPSA) is 59.8 Å². The third kappa shape index (κ3) is 2.65. The second-order valence-electron chi connectivity index (χ2n) is 4.66. The third-order valence-electron chi connectivity index (χ3n) is 3.59. The molecule has 0 spiro atoms. The van der Waals surface area contributed by atoms with Crippen molar-refractivity contribution in [2.24, 2.45) is 0 Å². The van der Waals surface area contributed by atoms with Gasteiger partial charge >= 0.3 is 7.12 Å². The van der Waals surface area contributed by atoms with Gasteiger partial charge in [-0.15, -0.1) is 11.5 Å². The summed E-state index contributed by atoms with van der Waals surface area (Å²) in [5.74, 6) is 0. The molecule has 2 aliphatic rings. The molecule has 3 atom stereocenters. The zero-order chi connectivity index (χ0) is 12.0. The van der Waals surface area contributed by atoms with Crippen molar-refractivity contribution in [2.75, 3.05) is 18.0 Å². The number of hydrogen-bond donors (Lipinski definition) is 2. The van der Waals surface area contributed by atoms with Gasteiger partial charge in [0, 0.05) is 57.9 Å². The third-order valence-corrected chi connectivity index (χ3v) is 4.22. The van der Waals surface area contributed by atoms with Crippen molar-refractivity contribution in [2.45, 2.75) is 18.5 Å². The van der Waals surface area contributed by atoms with E-state index in [1.807, 2.05) is 0 Å². The number of aromatic nitrogens is 1. The fourth-order valence-electron chi connectivity index (χ4n) is 2.71. The van der Waals surface area contributed by atoms with E-state index in [2.05, 4.69) is 30.1 Å². The fourth-order valence-corrected chi connectivity index (χ4v) is 3.16. The molecule has 0 aromatic carbocycles. The molecule has 0 saturated carbocycles. The molecule has 2 N–H and O–H groups in total. The Hall–Kier alpha value is 0.429. The first kappa shape index (κ1) is 14.8. The predicted molar refractivity (Wildman–Crippen MR) is 68.9 cm³/mol. The van der Waals surface area contributed by atoms with Gasteiger partial charge in [0.1, 0.15) is 0 Å². The van der Waals surface area contributed by atoms with Gasteiger partial charge in [0.25, 0.3) is 0 Å². The first-order chi connectivity index (χ1) is 8.15. The maximum absolute atomic E-state index is 9.12. The molecule has 3 heterocycles. The number of rotatable bonds is 2. The molecule has 5 nitrogen and oxygen atoms in total. The summed E-state index contributed by atoms with van der Waals surface area (Å²) in [5.41, 5.74) is 1.28. The second kappa shape index (κ2) is 5.82. The smallest absolute Gasteiger partial charge is 0.424 e. The maximum atomic E-state index is 9.12. The molecule has 93 valence electrons. The van der Waals surface area contributed by atoms with Gasteiger partial charge in [-0.05, 0) is 6.42 Å². The van der Waals surface area contributed by atoms with Crippen molar-refractivity contribution in [3.05, 3.63) is 18.5 Å². The Morgan fingerprint density at radius 2 is 2.17 bits per heavy atom. The number of hydrogen-bond acceptors (Lipinski definition) is 5. The van der Waals surface area contributed by atoms with E-state index in [1.165, 1.54) is 6.42 Å². The standard InChI is InChI=1S/C10H14BN3O2P.Y/c15-11(16)7-1-8(4-12-3-7)13-5-10-2-9(13)6-14(10)17;/h1,4,9-10,15-16H,2,5-6,17H2;/q-1;. The Morgan fingerprint density at radius 3 is 2.72 bits per heavy atom. The van der Waals surface area contributed by atoms with Crippen LogP contribution in [-0.4, -0.2) is 52.0 Å². The molecule has 1 radical (unpaired) electrons. The minimum absolute atomic E-state index is 0. The van der Waals surface area contributed by atoms with Crippen LogP contribution in [-0.2, 0) is 32.7 Å². The maximum Gasteiger partial charge on any atom is 0.463 e. The summed E-state index contributed by atoms with van der Waals surface area (Å²) in [7, 11) is 1.27. The molecule has 3 rings (SSSR count). The number of piperazine rings is 1. The van der Waals surface area contributed by atoms with Crippen LogP contribution in [0.15, 0.2) is 12.3 Å². The average molecular weight is 339 g/mol. The SMILES string of the molecule is OB(O)c1[c-]ncc(N2CC3CC2CN3P)c1.[Y]. The Bertz CT molecular complexity index is 437. The summed E-state index contributed by atoms with van der Waals surface area (Å²) in [4.78, 5) is 6.24. The van der Waals surface area contributed by atoms with E-state index < -0.39 is 7.12 Å². The first-order valence-corrected chi connectivity index (χ1v) is 6.18. The van der Waals surface area contributed by atoms with Crippen molar-refractivity contribution in [3.63, 3.8) is 0 Å². The average Bonchev–Trinajstić information content (AvgIpc) is 2.87. The van der Waals surface area contributed by atoms with Crippen LogP contribution >= 0.6 is 9.39 Å². The zero-order valence-electron chi connectivity index (χ0n) is 9.90. The minimum atomic E-state index is -1.50. The molecule has 1 aromatic heterocycles. The van der Waals surface area contributed by atoms with E-state index in [0.29, 0.717) is 17.5 Å². The van der Waals surface area contributed by atoms with Crippen LogP contribution in [0.25, 0.3) is 0 Å². The zero-order valence-corrected chi connectivity index (χ0v) is 13.9. The molecular weight excluding hydrogens is 325 g/mol. The summed E-state index contributed by atoms with van der Waals surface area (Å²) in [6.07, 6.45) is 5.49. The Balaban J connectivity index is 0.00000120. The molecule has 0 aliphatic carbocycles. The van der Waals surface area contributed by atoms with Crippen LogP contribution in [0.5, 0.6) is 0 Å². The number of fused-ring (bicyclic) bond motifs is 2. The normalized spacial score (nSPS) is 26.3. The summed E-state index contributed by atoms with van der Waals surface area (Å²) in [6, 6.07) is 2.84. The Labute approximate surface area is 134 Å². The monoisotopic (exact) mass is 339 g/mol. The van der Waals surface area contributed by atoms with E-state index >= 15 is 0 Å². The summed E-state index contributed by atoms with van der Waals surface area (Å²) in [5, 5.41) is 18.2. The van der Waals surface area contributed by atoms with Crippen molar-refractivity contribution in [1.82, 2.24) is 9.65 Å².